The summed E-state index contributed by atoms with van der Waals surface area (Å²) in [5, 5.41) is 14.2. The Hall–Kier alpha value is -2.36. The highest BCUT2D eigenvalue weighted by Gasteiger charge is 2.15. The minimum absolute atomic E-state index is 0.561. The van der Waals surface area contributed by atoms with Gasteiger partial charge in [0.1, 0.15) is 0 Å². The number of nitrogens with zero attached hydrogens (tertiary/aromatic N) is 2. The van der Waals surface area contributed by atoms with Crippen LogP contribution in [-0.2, 0) is 25.8 Å². The van der Waals surface area contributed by atoms with Gasteiger partial charge in [0.15, 0.2) is 0 Å². The third kappa shape index (κ3) is 2.07. The van der Waals surface area contributed by atoms with E-state index in [1.54, 1.807) is 0 Å². The predicted molar refractivity (Wildman–Crippen MR) is 82.4 cm³/mol. The van der Waals surface area contributed by atoms with E-state index in [1.165, 1.54) is 21.9 Å². The Morgan fingerprint density at radius 1 is 1.05 bits per heavy atom. The van der Waals surface area contributed by atoms with E-state index in [1.807, 2.05) is 6.92 Å². The Morgan fingerprint density at radius 2 is 1.86 bits per heavy atom. The van der Waals surface area contributed by atoms with Crippen molar-refractivity contribution in [1.82, 2.24) is 10.2 Å². The van der Waals surface area contributed by atoms with Gasteiger partial charge in [0, 0.05) is 17.5 Å². The molecular formula is C17H17N3O. The van der Waals surface area contributed by atoms with Crippen molar-refractivity contribution in [2.75, 3.05) is 5.32 Å². The van der Waals surface area contributed by atoms with Gasteiger partial charge >= 0.3 is 0 Å². The predicted octanol–water partition coefficient (Wildman–Crippen LogP) is 3.50. The summed E-state index contributed by atoms with van der Waals surface area (Å²) in [5.74, 6) is 1.32. The Balaban J connectivity index is 1.65. The molecule has 0 atom stereocenters. The Morgan fingerprint density at radius 3 is 2.67 bits per heavy atom. The van der Waals surface area contributed by atoms with E-state index in [4.69, 9.17) is 4.42 Å². The fourth-order valence-electron chi connectivity index (χ4n) is 3.07. The van der Waals surface area contributed by atoms with Gasteiger partial charge in [-0.15, -0.1) is 10.2 Å². The SMILES string of the molecule is CCc1nnc(CNc2ccc3c4c(cccc24)CC3)o1. The summed E-state index contributed by atoms with van der Waals surface area (Å²) in [6.45, 7) is 2.57. The number of hydrogen-bond donors (Lipinski definition) is 1. The van der Waals surface area contributed by atoms with E-state index in [-0.39, 0.29) is 0 Å². The number of benzene rings is 2. The second kappa shape index (κ2) is 4.88. The molecule has 106 valence electrons. The first-order valence-corrected chi connectivity index (χ1v) is 7.44. The third-order valence-corrected chi connectivity index (χ3v) is 4.12. The van der Waals surface area contributed by atoms with Crippen molar-refractivity contribution in [3.05, 3.63) is 53.2 Å². The smallest absolute Gasteiger partial charge is 0.235 e. The molecule has 1 N–H and O–H groups in total. The maximum atomic E-state index is 5.54. The number of nitrogens with one attached hydrogen (secondary N) is 1. The lowest BCUT2D eigenvalue weighted by atomic mass is 10.0. The number of anilines is 1. The van der Waals surface area contributed by atoms with Crippen molar-refractivity contribution in [2.24, 2.45) is 0 Å². The molecule has 4 heteroatoms. The van der Waals surface area contributed by atoms with Gasteiger partial charge in [-0.1, -0.05) is 31.2 Å². The highest BCUT2D eigenvalue weighted by molar-refractivity contribution is 5.99. The standard InChI is InChI=1S/C17H17N3O/c1-2-15-19-20-16(21-15)10-18-14-9-8-12-7-6-11-4-3-5-13(14)17(11)12/h3-5,8-9,18H,2,6-7,10H2,1H3. The molecule has 0 bridgehead atoms. The molecule has 21 heavy (non-hydrogen) atoms. The zero-order valence-corrected chi connectivity index (χ0v) is 12.0. The molecule has 0 amide bonds. The second-order valence-corrected chi connectivity index (χ2v) is 5.41. The molecule has 0 radical (unpaired) electrons. The lowest BCUT2D eigenvalue weighted by Crippen LogP contribution is -2.00. The highest BCUT2D eigenvalue weighted by Crippen LogP contribution is 2.35. The van der Waals surface area contributed by atoms with Crippen molar-refractivity contribution >= 4 is 16.5 Å². The molecule has 0 spiro atoms. The third-order valence-electron chi connectivity index (χ3n) is 4.12. The van der Waals surface area contributed by atoms with Crippen LogP contribution in [0.1, 0.15) is 29.8 Å². The molecule has 4 nitrogen and oxygen atoms in total. The van der Waals surface area contributed by atoms with E-state index in [9.17, 15) is 0 Å². The molecule has 0 saturated carbocycles. The van der Waals surface area contributed by atoms with Crippen molar-refractivity contribution in [2.45, 2.75) is 32.7 Å². The van der Waals surface area contributed by atoms with Crippen molar-refractivity contribution < 1.29 is 4.42 Å². The minimum Gasteiger partial charge on any atom is -0.423 e. The molecule has 1 aliphatic rings. The van der Waals surface area contributed by atoms with Gasteiger partial charge in [0.2, 0.25) is 11.8 Å². The first-order valence-electron chi connectivity index (χ1n) is 7.44. The largest absolute Gasteiger partial charge is 0.423 e. The van der Waals surface area contributed by atoms with Crippen molar-refractivity contribution in [3.8, 4) is 0 Å². The van der Waals surface area contributed by atoms with Gasteiger partial charge in [-0.2, -0.15) is 0 Å². The fraction of sp³-hybridized carbons (Fsp3) is 0.294. The zero-order valence-electron chi connectivity index (χ0n) is 12.0. The van der Waals surface area contributed by atoms with Crippen LogP contribution in [0.2, 0.25) is 0 Å². The summed E-state index contributed by atoms with van der Waals surface area (Å²) in [6.07, 6.45) is 3.08. The van der Waals surface area contributed by atoms with Crippen LogP contribution < -0.4 is 5.32 Å². The van der Waals surface area contributed by atoms with Crippen LogP contribution in [0.4, 0.5) is 5.69 Å². The van der Waals surface area contributed by atoms with Gasteiger partial charge in [0.25, 0.3) is 0 Å². The van der Waals surface area contributed by atoms with Crippen molar-refractivity contribution in [1.29, 1.82) is 0 Å². The van der Waals surface area contributed by atoms with E-state index >= 15 is 0 Å². The topological polar surface area (TPSA) is 51.0 Å². The van der Waals surface area contributed by atoms with Crippen LogP contribution in [-0.4, -0.2) is 10.2 Å². The van der Waals surface area contributed by atoms with Crippen LogP contribution in [0.15, 0.2) is 34.7 Å². The molecule has 1 aromatic heterocycles. The Labute approximate surface area is 123 Å². The molecule has 2 aromatic carbocycles. The lowest BCUT2D eigenvalue weighted by molar-refractivity contribution is 0.460. The summed E-state index contributed by atoms with van der Waals surface area (Å²) >= 11 is 0. The molecule has 0 aliphatic heterocycles. The van der Waals surface area contributed by atoms with Crippen LogP contribution in [0.25, 0.3) is 10.8 Å². The molecule has 0 fully saturated rings. The molecule has 1 heterocycles. The summed E-state index contributed by atoms with van der Waals surface area (Å²) in [7, 11) is 0. The maximum absolute atomic E-state index is 5.54. The van der Waals surface area contributed by atoms with E-state index < -0.39 is 0 Å². The average molecular weight is 279 g/mol. The molecule has 4 rings (SSSR count). The summed E-state index contributed by atoms with van der Waals surface area (Å²) in [5.41, 5.74) is 4.04. The number of rotatable bonds is 4. The van der Waals surface area contributed by atoms with Gasteiger partial charge < -0.3 is 9.73 Å². The van der Waals surface area contributed by atoms with E-state index in [2.05, 4.69) is 45.8 Å². The molecule has 0 unspecified atom stereocenters. The molecular weight excluding hydrogens is 262 g/mol. The van der Waals surface area contributed by atoms with Crippen LogP contribution in [0.3, 0.4) is 0 Å². The first kappa shape index (κ1) is 12.4. The fourth-order valence-corrected chi connectivity index (χ4v) is 3.07. The first-order chi connectivity index (χ1) is 10.3. The Bertz CT molecular complexity index is 797. The summed E-state index contributed by atoms with van der Waals surface area (Å²) < 4.78 is 5.54. The number of aryl methyl sites for hydroxylation is 3. The molecule has 3 aromatic rings. The quantitative estimate of drug-likeness (QED) is 0.794. The molecule has 1 aliphatic carbocycles. The van der Waals surface area contributed by atoms with Crippen LogP contribution in [0.5, 0.6) is 0 Å². The van der Waals surface area contributed by atoms with Gasteiger partial charge in [-0.25, -0.2) is 0 Å². The Kier molecular flexibility index (Phi) is 2.88. The average Bonchev–Trinajstić information content (AvgIpc) is 3.15. The zero-order chi connectivity index (χ0) is 14.2. The lowest BCUT2D eigenvalue weighted by Gasteiger charge is -2.10. The number of aromatic nitrogens is 2. The normalized spacial score (nSPS) is 13.0. The number of hydrogen-bond acceptors (Lipinski definition) is 4. The van der Waals surface area contributed by atoms with E-state index in [0.717, 1.165) is 24.9 Å². The minimum atomic E-state index is 0.561. The van der Waals surface area contributed by atoms with Crippen molar-refractivity contribution in [3.63, 3.8) is 0 Å². The summed E-state index contributed by atoms with van der Waals surface area (Å²) in [4.78, 5) is 0. The molecule has 0 saturated heterocycles. The van der Waals surface area contributed by atoms with Crippen LogP contribution >= 0.6 is 0 Å². The van der Waals surface area contributed by atoms with Gasteiger partial charge in [-0.3, -0.25) is 0 Å². The van der Waals surface area contributed by atoms with Gasteiger partial charge in [-0.05, 0) is 35.4 Å². The maximum Gasteiger partial charge on any atom is 0.235 e. The summed E-state index contributed by atoms with van der Waals surface area (Å²) in [6, 6.07) is 10.9. The second-order valence-electron chi connectivity index (χ2n) is 5.41. The monoisotopic (exact) mass is 279 g/mol. The van der Waals surface area contributed by atoms with Crippen LogP contribution in [0, 0.1) is 0 Å². The van der Waals surface area contributed by atoms with Gasteiger partial charge in [0.05, 0.1) is 6.54 Å². The van der Waals surface area contributed by atoms with E-state index in [0.29, 0.717) is 18.3 Å². The highest BCUT2D eigenvalue weighted by atomic mass is 16.4.